The molecule has 76 valence electrons. The third kappa shape index (κ3) is 1.59. The Morgan fingerprint density at radius 1 is 1.40 bits per heavy atom. The first kappa shape index (κ1) is 9.39. The van der Waals surface area contributed by atoms with E-state index in [-0.39, 0.29) is 5.69 Å². The van der Waals surface area contributed by atoms with Gasteiger partial charge in [-0.25, -0.2) is 4.98 Å². The molecule has 1 aromatic carbocycles. The van der Waals surface area contributed by atoms with Crippen molar-refractivity contribution < 1.29 is 4.92 Å². The van der Waals surface area contributed by atoms with Crippen molar-refractivity contribution in [2.24, 2.45) is 0 Å². The van der Waals surface area contributed by atoms with Crippen LogP contribution >= 0.6 is 0 Å². The first-order valence-corrected chi connectivity index (χ1v) is 4.44. The summed E-state index contributed by atoms with van der Waals surface area (Å²) in [5, 5.41) is 10.8. The van der Waals surface area contributed by atoms with Gasteiger partial charge in [-0.15, -0.1) is 0 Å². The standard InChI is InChI=1S/C10H9N3O2/c1-8-11-6-7-12(8)9-4-2-3-5-10(9)13(14)15/h2-7H,1H3. The van der Waals surface area contributed by atoms with E-state index in [1.165, 1.54) is 6.07 Å². The molecule has 0 aliphatic rings. The van der Waals surface area contributed by atoms with Crippen molar-refractivity contribution >= 4 is 5.69 Å². The Kier molecular flexibility index (Phi) is 2.21. The van der Waals surface area contributed by atoms with Crippen LogP contribution in [0.4, 0.5) is 5.69 Å². The van der Waals surface area contributed by atoms with Crippen molar-refractivity contribution in [3.05, 3.63) is 52.6 Å². The van der Waals surface area contributed by atoms with E-state index in [0.29, 0.717) is 5.69 Å². The number of hydrogen-bond donors (Lipinski definition) is 0. The van der Waals surface area contributed by atoms with Gasteiger partial charge < -0.3 is 0 Å². The fourth-order valence-corrected chi connectivity index (χ4v) is 1.45. The van der Waals surface area contributed by atoms with Gasteiger partial charge in [-0.1, -0.05) is 12.1 Å². The lowest BCUT2D eigenvalue weighted by Crippen LogP contribution is -2.00. The summed E-state index contributed by atoms with van der Waals surface area (Å²) in [7, 11) is 0. The van der Waals surface area contributed by atoms with Crippen molar-refractivity contribution in [2.45, 2.75) is 6.92 Å². The maximum Gasteiger partial charge on any atom is 0.293 e. The smallest absolute Gasteiger partial charge is 0.293 e. The summed E-state index contributed by atoms with van der Waals surface area (Å²) in [5.41, 5.74) is 0.621. The summed E-state index contributed by atoms with van der Waals surface area (Å²) < 4.78 is 1.69. The highest BCUT2D eigenvalue weighted by atomic mass is 16.6. The highest BCUT2D eigenvalue weighted by molar-refractivity contribution is 5.52. The largest absolute Gasteiger partial charge is 0.298 e. The fraction of sp³-hybridized carbons (Fsp3) is 0.100. The minimum absolute atomic E-state index is 0.0820. The van der Waals surface area contributed by atoms with Gasteiger partial charge in [0.15, 0.2) is 0 Å². The Balaban J connectivity index is 2.63. The second kappa shape index (κ2) is 3.53. The van der Waals surface area contributed by atoms with E-state index in [4.69, 9.17) is 0 Å². The van der Waals surface area contributed by atoms with E-state index in [9.17, 15) is 10.1 Å². The Labute approximate surface area is 86.1 Å². The number of aromatic nitrogens is 2. The molecular formula is C10H9N3O2. The quantitative estimate of drug-likeness (QED) is 0.554. The zero-order valence-electron chi connectivity index (χ0n) is 8.12. The molecule has 2 aromatic rings. The number of para-hydroxylation sites is 2. The van der Waals surface area contributed by atoms with Crippen LogP contribution in [-0.4, -0.2) is 14.5 Å². The maximum atomic E-state index is 10.8. The average molecular weight is 203 g/mol. The molecule has 5 nitrogen and oxygen atoms in total. The summed E-state index contributed by atoms with van der Waals surface area (Å²) in [6, 6.07) is 6.59. The lowest BCUT2D eigenvalue weighted by molar-refractivity contribution is -0.384. The van der Waals surface area contributed by atoms with Gasteiger partial charge in [0.05, 0.1) is 4.92 Å². The first-order chi connectivity index (χ1) is 7.20. The van der Waals surface area contributed by atoms with Crippen LogP contribution < -0.4 is 0 Å². The molecule has 0 radical (unpaired) electrons. The zero-order chi connectivity index (χ0) is 10.8. The molecule has 0 atom stereocenters. The molecule has 15 heavy (non-hydrogen) atoms. The molecule has 5 heteroatoms. The van der Waals surface area contributed by atoms with E-state index < -0.39 is 4.92 Å². The van der Waals surface area contributed by atoms with Crippen molar-refractivity contribution in [1.82, 2.24) is 9.55 Å². The van der Waals surface area contributed by atoms with Crippen LogP contribution in [-0.2, 0) is 0 Å². The van der Waals surface area contributed by atoms with Crippen LogP contribution in [0.5, 0.6) is 0 Å². The lowest BCUT2D eigenvalue weighted by Gasteiger charge is -2.04. The monoisotopic (exact) mass is 203 g/mol. The van der Waals surface area contributed by atoms with Crippen LogP contribution in [0, 0.1) is 17.0 Å². The van der Waals surface area contributed by atoms with Gasteiger partial charge in [-0.05, 0) is 13.0 Å². The second-order valence-corrected chi connectivity index (χ2v) is 3.09. The summed E-state index contributed by atoms with van der Waals surface area (Å²) in [6.07, 6.45) is 3.32. The molecular weight excluding hydrogens is 194 g/mol. The number of aryl methyl sites for hydroxylation is 1. The van der Waals surface area contributed by atoms with Gasteiger partial charge in [-0.2, -0.15) is 0 Å². The molecule has 0 N–H and O–H groups in total. The van der Waals surface area contributed by atoms with Gasteiger partial charge in [0.25, 0.3) is 5.69 Å². The molecule has 2 rings (SSSR count). The number of hydrogen-bond acceptors (Lipinski definition) is 3. The third-order valence-electron chi connectivity index (χ3n) is 2.16. The van der Waals surface area contributed by atoms with E-state index in [1.54, 1.807) is 42.1 Å². The highest BCUT2D eigenvalue weighted by Gasteiger charge is 2.14. The summed E-state index contributed by atoms with van der Waals surface area (Å²) in [5.74, 6) is 0.726. The highest BCUT2D eigenvalue weighted by Crippen LogP contribution is 2.22. The predicted molar refractivity (Wildman–Crippen MR) is 55.0 cm³/mol. The number of nitrogens with zero attached hydrogens (tertiary/aromatic N) is 3. The van der Waals surface area contributed by atoms with Crippen molar-refractivity contribution in [3.63, 3.8) is 0 Å². The third-order valence-corrected chi connectivity index (χ3v) is 2.16. The molecule has 1 aromatic heterocycles. The maximum absolute atomic E-state index is 10.8. The van der Waals surface area contributed by atoms with Crippen LogP contribution in [0.25, 0.3) is 5.69 Å². The summed E-state index contributed by atoms with van der Waals surface area (Å²) in [6.45, 7) is 1.80. The average Bonchev–Trinajstić information content (AvgIpc) is 2.64. The van der Waals surface area contributed by atoms with E-state index in [0.717, 1.165) is 5.82 Å². The predicted octanol–water partition coefficient (Wildman–Crippen LogP) is 2.09. The lowest BCUT2D eigenvalue weighted by atomic mass is 10.2. The zero-order valence-corrected chi connectivity index (χ0v) is 8.12. The SMILES string of the molecule is Cc1nccn1-c1ccccc1[N+](=O)[O-]. The van der Waals surface area contributed by atoms with E-state index in [1.807, 2.05) is 0 Å². The van der Waals surface area contributed by atoms with Crippen LogP contribution in [0.3, 0.4) is 0 Å². The normalized spacial score (nSPS) is 10.2. The number of nitro groups is 1. The van der Waals surface area contributed by atoms with Crippen molar-refractivity contribution in [3.8, 4) is 5.69 Å². The molecule has 0 saturated heterocycles. The number of rotatable bonds is 2. The number of benzene rings is 1. The van der Waals surface area contributed by atoms with Crippen LogP contribution in [0.15, 0.2) is 36.7 Å². The molecule has 0 spiro atoms. The molecule has 0 fully saturated rings. The van der Waals surface area contributed by atoms with Gasteiger partial charge >= 0.3 is 0 Å². The van der Waals surface area contributed by atoms with E-state index >= 15 is 0 Å². The molecule has 0 unspecified atom stereocenters. The second-order valence-electron chi connectivity index (χ2n) is 3.09. The summed E-state index contributed by atoms with van der Waals surface area (Å²) in [4.78, 5) is 14.4. The summed E-state index contributed by atoms with van der Waals surface area (Å²) >= 11 is 0. The molecule has 0 aliphatic carbocycles. The van der Waals surface area contributed by atoms with E-state index in [2.05, 4.69) is 4.98 Å². The Morgan fingerprint density at radius 2 is 2.13 bits per heavy atom. The van der Waals surface area contributed by atoms with Gasteiger partial charge in [0.1, 0.15) is 11.5 Å². The van der Waals surface area contributed by atoms with Crippen molar-refractivity contribution in [1.29, 1.82) is 0 Å². The van der Waals surface area contributed by atoms with Crippen LogP contribution in [0.2, 0.25) is 0 Å². The molecule has 0 aliphatic heterocycles. The number of nitro benzene ring substituents is 1. The molecule has 0 saturated carbocycles. The van der Waals surface area contributed by atoms with Gasteiger partial charge in [0, 0.05) is 18.5 Å². The fourth-order valence-electron chi connectivity index (χ4n) is 1.45. The topological polar surface area (TPSA) is 61.0 Å². The Bertz CT molecular complexity index is 505. The van der Waals surface area contributed by atoms with Crippen molar-refractivity contribution in [2.75, 3.05) is 0 Å². The minimum Gasteiger partial charge on any atom is -0.298 e. The Hall–Kier alpha value is -2.17. The van der Waals surface area contributed by atoms with Gasteiger partial charge in [-0.3, -0.25) is 14.7 Å². The molecule has 1 heterocycles. The number of imidazole rings is 1. The molecule has 0 bridgehead atoms. The Morgan fingerprint density at radius 3 is 2.73 bits per heavy atom. The van der Waals surface area contributed by atoms with Crippen LogP contribution in [0.1, 0.15) is 5.82 Å². The minimum atomic E-state index is -0.394. The molecule has 0 amide bonds. The van der Waals surface area contributed by atoms with Gasteiger partial charge in [0.2, 0.25) is 0 Å². The first-order valence-electron chi connectivity index (χ1n) is 4.44.